The van der Waals surface area contributed by atoms with Gasteiger partial charge in [0.25, 0.3) is 0 Å². The van der Waals surface area contributed by atoms with E-state index in [2.05, 4.69) is 6.92 Å². The standard InChI is InChI=1S/C15H23NO3/c1-5-7-8-9-16-11(3)10-13(17)14(12(16)4)15(18)19-6-2/h10H,5-9H2,1-4H3. The minimum Gasteiger partial charge on any atom is -0.462 e. The molecule has 1 heterocycles. The van der Waals surface area contributed by atoms with E-state index in [1.54, 1.807) is 6.92 Å². The van der Waals surface area contributed by atoms with Crippen molar-refractivity contribution in [3.05, 3.63) is 33.2 Å². The molecule has 0 atom stereocenters. The number of carbonyl (C=O) groups is 1. The Bertz CT molecular complexity index is 503. The molecule has 4 heteroatoms. The molecule has 106 valence electrons. The number of hydrogen-bond donors (Lipinski definition) is 0. The molecule has 0 radical (unpaired) electrons. The van der Waals surface area contributed by atoms with E-state index in [1.165, 1.54) is 6.07 Å². The highest BCUT2D eigenvalue weighted by atomic mass is 16.5. The van der Waals surface area contributed by atoms with E-state index in [0.717, 1.165) is 31.5 Å². The first kappa shape index (κ1) is 15.5. The van der Waals surface area contributed by atoms with Crippen LogP contribution in [0.3, 0.4) is 0 Å². The fourth-order valence-electron chi connectivity index (χ4n) is 2.23. The molecule has 0 unspecified atom stereocenters. The van der Waals surface area contributed by atoms with E-state index in [9.17, 15) is 9.59 Å². The van der Waals surface area contributed by atoms with Gasteiger partial charge in [0.15, 0.2) is 5.43 Å². The SMILES string of the molecule is CCCCCn1c(C)cc(=O)c(C(=O)OCC)c1C. The Morgan fingerprint density at radius 3 is 2.53 bits per heavy atom. The zero-order valence-corrected chi connectivity index (χ0v) is 12.3. The van der Waals surface area contributed by atoms with Gasteiger partial charge in [-0.3, -0.25) is 4.79 Å². The molecule has 1 rings (SSSR count). The van der Waals surface area contributed by atoms with Gasteiger partial charge in [0.1, 0.15) is 5.56 Å². The summed E-state index contributed by atoms with van der Waals surface area (Å²) in [4.78, 5) is 23.8. The van der Waals surface area contributed by atoms with Crippen molar-refractivity contribution in [1.29, 1.82) is 0 Å². The Morgan fingerprint density at radius 1 is 1.26 bits per heavy atom. The smallest absolute Gasteiger partial charge is 0.343 e. The largest absolute Gasteiger partial charge is 0.462 e. The minimum absolute atomic E-state index is 0.170. The first-order valence-corrected chi connectivity index (χ1v) is 6.91. The summed E-state index contributed by atoms with van der Waals surface area (Å²) in [6, 6.07) is 1.52. The van der Waals surface area contributed by atoms with Crippen LogP contribution in [0.2, 0.25) is 0 Å². The van der Waals surface area contributed by atoms with Crippen molar-refractivity contribution in [2.75, 3.05) is 6.61 Å². The van der Waals surface area contributed by atoms with Crippen LogP contribution in [-0.4, -0.2) is 17.1 Å². The molecule has 1 aromatic heterocycles. The molecule has 1 aromatic rings. The number of aromatic nitrogens is 1. The lowest BCUT2D eigenvalue weighted by Gasteiger charge is -2.16. The highest BCUT2D eigenvalue weighted by Crippen LogP contribution is 2.11. The summed E-state index contributed by atoms with van der Waals surface area (Å²) in [6.07, 6.45) is 3.33. The first-order valence-electron chi connectivity index (χ1n) is 6.91. The van der Waals surface area contributed by atoms with E-state index in [0.29, 0.717) is 5.69 Å². The van der Waals surface area contributed by atoms with Gasteiger partial charge in [-0.2, -0.15) is 0 Å². The maximum absolute atomic E-state index is 11.9. The predicted molar refractivity (Wildman–Crippen MR) is 75.7 cm³/mol. The summed E-state index contributed by atoms with van der Waals surface area (Å²) in [6.45, 7) is 8.71. The monoisotopic (exact) mass is 265 g/mol. The van der Waals surface area contributed by atoms with Gasteiger partial charge in [0, 0.05) is 24.0 Å². The fraction of sp³-hybridized carbons (Fsp3) is 0.600. The highest BCUT2D eigenvalue weighted by molar-refractivity contribution is 5.90. The fourth-order valence-corrected chi connectivity index (χ4v) is 2.23. The van der Waals surface area contributed by atoms with Crippen molar-refractivity contribution in [3.63, 3.8) is 0 Å². The van der Waals surface area contributed by atoms with Crippen LogP contribution in [0, 0.1) is 13.8 Å². The summed E-state index contributed by atoms with van der Waals surface area (Å²) in [5.41, 5.74) is 1.52. The Morgan fingerprint density at radius 2 is 1.95 bits per heavy atom. The van der Waals surface area contributed by atoms with Crippen LogP contribution < -0.4 is 5.43 Å². The molecule has 0 spiro atoms. The van der Waals surface area contributed by atoms with E-state index in [4.69, 9.17) is 4.74 Å². The zero-order valence-electron chi connectivity index (χ0n) is 12.3. The molecule has 0 bridgehead atoms. The van der Waals surface area contributed by atoms with Gasteiger partial charge in [-0.1, -0.05) is 19.8 Å². The molecule has 0 aliphatic heterocycles. The average molecular weight is 265 g/mol. The van der Waals surface area contributed by atoms with Gasteiger partial charge in [-0.25, -0.2) is 4.79 Å². The van der Waals surface area contributed by atoms with Gasteiger partial charge < -0.3 is 9.30 Å². The number of carbonyl (C=O) groups excluding carboxylic acids is 1. The lowest BCUT2D eigenvalue weighted by molar-refractivity contribution is 0.0522. The van der Waals surface area contributed by atoms with Crippen molar-refractivity contribution >= 4 is 5.97 Å². The van der Waals surface area contributed by atoms with Gasteiger partial charge in [-0.15, -0.1) is 0 Å². The first-order chi connectivity index (χ1) is 9.02. The van der Waals surface area contributed by atoms with Gasteiger partial charge in [-0.05, 0) is 27.2 Å². The summed E-state index contributed by atoms with van der Waals surface area (Å²) < 4.78 is 6.99. The Labute approximate surface area is 114 Å². The predicted octanol–water partition coefficient (Wildman–Crippen LogP) is 2.83. The summed E-state index contributed by atoms with van der Waals surface area (Å²) in [5, 5.41) is 0. The third-order valence-corrected chi connectivity index (χ3v) is 3.24. The molecule has 0 saturated heterocycles. The number of ether oxygens (including phenoxy) is 1. The number of aryl methyl sites for hydroxylation is 1. The molecule has 0 aliphatic rings. The molecule has 0 saturated carbocycles. The number of hydrogen-bond acceptors (Lipinski definition) is 3. The van der Waals surface area contributed by atoms with E-state index >= 15 is 0 Å². The third-order valence-electron chi connectivity index (χ3n) is 3.24. The molecular formula is C15H23NO3. The molecule has 0 aromatic carbocycles. The molecule has 0 fully saturated rings. The van der Waals surface area contributed by atoms with Crippen LogP contribution in [0.4, 0.5) is 0 Å². The Kier molecular flexibility index (Phi) is 5.80. The van der Waals surface area contributed by atoms with Gasteiger partial charge in [0.2, 0.25) is 0 Å². The van der Waals surface area contributed by atoms with E-state index in [-0.39, 0.29) is 17.6 Å². The van der Waals surface area contributed by atoms with Crippen LogP contribution >= 0.6 is 0 Å². The normalized spacial score (nSPS) is 10.5. The molecule has 0 N–H and O–H groups in total. The third kappa shape index (κ3) is 3.69. The molecule has 0 amide bonds. The van der Waals surface area contributed by atoms with Crippen molar-refractivity contribution in [3.8, 4) is 0 Å². The van der Waals surface area contributed by atoms with Crippen molar-refractivity contribution in [2.45, 2.75) is 53.5 Å². The molecule has 19 heavy (non-hydrogen) atoms. The number of esters is 1. The van der Waals surface area contributed by atoms with Gasteiger partial charge >= 0.3 is 5.97 Å². The highest BCUT2D eigenvalue weighted by Gasteiger charge is 2.18. The number of nitrogens with zero attached hydrogens (tertiary/aromatic N) is 1. The van der Waals surface area contributed by atoms with Crippen molar-refractivity contribution in [2.24, 2.45) is 0 Å². The second-order valence-electron chi connectivity index (χ2n) is 4.69. The lowest BCUT2D eigenvalue weighted by atomic mass is 10.1. The van der Waals surface area contributed by atoms with Crippen LogP contribution in [0.25, 0.3) is 0 Å². The van der Waals surface area contributed by atoms with E-state index < -0.39 is 5.97 Å². The van der Waals surface area contributed by atoms with Crippen LogP contribution in [-0.2, 0) is 11.3 Å². The van der Waals surface area contributed by atoms with Crippen LogP contribution in [0.1, 0.15) is 54.9 Å². The molecular weight excluding hydrogens is 242 g/mol. The summed E-state index contributed by atoms with van der Waals surface area (Å²) >= 11 is 0. The molecule has 4 nitrogen and oxygen atoms in total. The quantitative estimate of drug-likeness (QED) is 0.587. The minimum atomic E-state index is -0.519. The number of pyridine rings is 1. The average Bonchev–Trinajstić information content (AvgIpc) is 2.33. The number of unbranched alkanes of at least 4 members (excludes halogenated alkanes) is 2. The van der Waals surface area contributed by atoms with Crippen molar-refractivity contribution in [1.82, 2.24) is 4.57 Å². The maximum atomic E-state index is 11.9. The second-order valence-corrected chi connectivity index (χ2v) is 4.69. The Balaban J connectivity index is 3.15. The Hall–Kier alpha value is -1.58. The summed E-state index contributed by atoms with van der Waals surface area (Å²) in [5.74, 6) is -0.519. The molecule has 0 aliphatic carbocycles. The van der Waals surface area contributed by atoms with Gasteiger partial charge in [0.05, 0.1) is 6.61 Å². The van der Waals surface area contributed by atoms with Crippen LogP contribution in [0.15, 0.2) is 10.9 Å². The second kappa shape index (κ2) is 7.12. The number of rotatable bonds is 6. The zero-order chi connectivity index (χ0) is 14.4. The van der Waals surface area contributed by atoms with Crippen LogP contribution in [0.5, 0.6) is 0 Å². The summed E-state index contributed by atoms with van der Waals surface area (Å²) in [7, 11) is 0. The maximum Gasteiger partial charge on any atom is 0.343 e. The van der Waals surface area contributed by atoms with E-state index in [1.807, 2.05) is 18.4 Å². The van der Waals surface area contributed by atoms with Crippen molar-refractivity contribution < 1.29 is 9.53 Å². The topological polar surface area (TPSA) is 48.3 Å². The lowest BCUT2D eigenvalue weighted by Crippen LogP contribution is -2.24.